The van der Waals surface area contributed by atoms with Crippen molar-refractivity contribution >= 4 is 28.5 Å². The van der Waals surface area contributed by atoms with E-state index in [1.54, 1.807) is 31.4 Å². The summed E-state index contributed by atoms with van der Waals surface area (Å²) < 4.78 is 10.6. The molecule has 2 rings (SSSR count). The lowest BCUT2D eigenvalue weighted by Crippen LogP contribution is -2.49. The third-order valence-electron chi connectivity index (χ3n) is 3.24. The van der Waals surface area contributed by atoms with Crippen molar-refractivity contribution in [1.29, 1.82) is 0 Å². The Hall–Kier alpha value is -1.56. The summed E-state index contributed by atoms with van der Waals surface area (Å²) in [6.45, 7) is 2.06. The van der Waals surface area contributed by atoms with Gasteiger partial charge in [0.15, 0.2) is 5.76 Å². The van der Waals surface area contributed by atoms with E-state index in [9.17, 15) is 4.79 Å². The van der Waals surface area contributed by atoms with E-state index in [-0.39, 0.29) is 18.3 Å². The predicted octanol–water partition coefficient (Wildman–Crippen LogP) is 2.60. The van der Waals surface area contributed by atoms with Crippen molar-refractivity contribution in [3.63, 3.8) is 0 Å². The van der Waals surface area contributed by atoms with Crippen molar-refractivity contribution in [2.75, 3.05) is 20.3 Å². The highest BCUT2D eigenvalue weighted by Crippen LogP contribution is 2.23. The van der Waals surface area contributed by atoms with E-state index in [1.165, 1.54) is 0 Å². The van der Waals surface area contributed by atoms with E-state index < -0.39 is 5.54 Å². The number of hydrogen-bond acceptors (Lipinski definition) is 4. The molecule has 0 aliphatic heterocycles. The number of aliphatic hydroxyl groups is 1. The SMILES string of the molecule is COCC(C)(CCO)NC(=O)c1cc2cc(Cl)ccc2o1. The number of benzene rings is 1. The first kappa shape index (κ1) is 15.8. The largest absolute Gasteiger partial charge is 0.451 e. The molecular formula is C15H18ClNO4. The van der Waals surface area contributed by atoms with Crippen LogP contribution in [0.25, 0.3) is 11.0 Å². The molecule has 1 aromatic carbocycles. The Labute approximate surface area is 127 Å². The highest BCUT2D eigenvalue weighted by Gasteiger charge is 2.27. The van der Waals surface area contributed by atoms with Gasteiger partial charge >= 0.3 is 0 Å². The zero-order valence-corrected chi connectivity index (χ0v) is 12.7. The summed E-state index contributed by atoms with van der Waals surface area (Å²) in [5.74, 6) is -0.150. The molecule has 1 aromatic heterocycles. The van der Waals surface area contributed by atoms with Crippen molar-refractivity contribution in [3.05, 3.63) is 35.0 Å². The fourth-order valence-electron chi connectivity index (χ4n) is 2.20. The summed E-state index contributed by atoms with van der Waals surface area (Å²) >= 11 is 5.91. The second-order valence-electron chi connectivity index (χ2n) is 5.21. The second-order valence-corrected chi connectivity index (χ2v) is 5.65. The van der Waals surface area contributed by atoms with Gasteiger partial charge in [-0.3, -0.25) is 4.79 Å². The smallest absolute Gasteiger partial charge is 0.287 e. The van der Waals surface area contributed by atoms with E-state index in [2.05, 4.69) is 5.32 Å². The van der Waals surface area contributed by atoms with Crippen molar-refractivity contribution in [3.8, 4) is 0 Å². The summed E-state index contributed by atoms with van der Waals surface area (Å²) in [6, 6.07) is 6.80. The van der Waals surface area contributed by atoms with Gasteiger partial charge in [0, 0.05) is 24.1 Å². The number of carbonyl (C=O) groups excluding carboxylic acids is 1. The molecule has 0 spiro atoms. The average Bonchev–Trinajstić information content (AvgIpc) is 2.82. The zero-order valence-electron chi connectivity index (χ0n) is 12.0. The van der Waals surface area contributed by atoms with E-state index >= 15 is 0 Å². The van der Waals surface area contributed by atoms with Crippen LogP contribution >= 0.6 is 11.6 Å². The van der Waals surface area contributed by atoms with E-state index in [1.807, 2.05) is 6.92 Å². The summed E-state index contributed by atoms with van der Waals surface area (Å²) in [6.07, 6.45) is 0.388. The minimum Gasteiger partial charge on any atom is -0.451 e. The normalized spacial score (nSPS) is 14.1. The molecule has 1 heterocycles. The fourth-order valence-corrected chi connectivity index (χ4v) is 2.38. The third kappa shape index (κ3) is 3.75. The molecule has 0 saturated carbocycles. The topological polar surface area (TPSA) is 71.7 Å². The molecule has 1 atom stereocenters. The van der Waals surface area contributed by atoms with Gasteiger partial charge in [0.2, 0.25) is 0 Å². The predicted molar refractivity (Wildman–Crippen MR) is 80.7 cm³/mol. The number of aliphatic hydroxyl groups excluding tert-OH is 1. The van der Waals surface area contributed by atoms with Gasteiger partial charge in [-0.1, -0.05) is 11.6 Å². The highest BCUT2D eigenvalue weighted by molar-refractivity contribution is 6.31. The number of halogens is 1. The maximum atomic E-state index is 12.3. The minimum atomic E-state index is -0.656. The van der Waals surface area contributed by atoms with Crippen LogP contribution in [-0.4, -0.2) is 36.9 Å². The van der Waals surface area contributed by atoms with Crippen LogP contribution in [0.5, 0.6) is 0 Å². The molecule has 0 aliphatic rings. The monoisotopic (exact) mass is 311 g/mol. The van der Waals surface area contributed by atoms with E-state index in [0.717, 1.165) is 5.39 Å². The summed E-state index contributed by atoms with van der Waals surface area (Å²) in [5, 5.41) is 13.3. The Kier molecular flexibility index (Phi) is 4.88. The van der Waals surface area contributed by atoms with Crippen LogP contribution in [0.1, 0.15) is 23.9 Å². The van der Waals surface area contributed by atoms with Gasteiger partial charge in [-0.05, 0) is 37.6 Å². The molecule has 2 aromatic rings. The molecule has 114 valence electrons. The summed E-state index contributed by atoms with van der Waals surface area (Å²) in [5.41, 5.74) is -0.0582. The Morgan fingerprint density at radius 1 is 1.48 bits per heavy atom. The van der Waals surface area contributed by atoms with Gasteiger partial charge in [-0.15, -0.1) is 0 Å². The molecule has 21 heavy (non-hydrogen) atoms. The summed E-state index contributed by atoms with van der Waals surface area (Å²) in [7, 11) is 1.55. The Morgan fingerprint density at radius 2 is 2.24 bits per heavy atom. The molecule has 1 amide bonds. The van der Waals surface area contributed by atoms with Crippen LogP contribution in [-0.2, 0) is 4.74 Å². The number of fused-ring (bicyclic) bond motifs is 1. The number of carbonyl (C=O) groups is 1. The van der Waals surface area contributed by atoms with E-state index in [4.69, 9.17) is 25.9 Å². The molecule has 6 heteroatoms. The third-order valence-corrected chi connectivity index (χ3v) is 3.48. The van der Waals surface area contributed by atoms with Crippen molar-refractivity contribution in [2.45, 2.75) is 18.9 Å². The number of nitrogens with one attached hydrogen (secondary N) is 1. The molecule has 5 nitrogen and oxygen atoms in total. The van der Waals surface area contributed by atoms with Gasteiger partial charge in [0.1, 0.15) is 5.58 Å². The zero-order chi connectivity index (χ0) is 15.5. The molecule has 0 saturated heterocycles. The lowest BCUT2D eigenvalue weighted by atomic mass is 9.99. The molecular weight excluding hydrogens is 294 g/mol. The van der Waals surface area contributed by atoms with Gasteiger partial charge in [-0.25, -0.2) is 0 Å². The van der Waals surface area contributed by atoms with Crippen molar-refractivity contribution in [1.82, 2.24) is 5.32 Å². The molecule has 0 fully saturated rings. The van der Waals surface area contributed by atoms with Crippen molar-refractivity contribution in [2.24, 2.45) is 0 Å². The Morgan fingerprint density at radius 3 is 2.90 bits per heavy atom. The van der Waals surface area contributed by atoms with Gasteiger partial charge < -0.3 is 19.6 Å². The number of hydrogen-bond donors (Lipinski definition) is 2. The average molecular weight is 312 g/mol. The van der Waals surface area contributed by atoms with Crippen LogP contribution < -0.4 is 5.32 Å². The highest BCUT2D eigenvalue weighted by atomic mass is 35.5. The van der Waals surface area contributed by atoms with Crippen molar-refractivity contribution < 1.29 is 19.1 Å². The molecule has 0 aliphatic carbocycles. The first-order valence-corrected chi connectivity index (χ1v) is 6.96. The van der Waals surface area contributed by atoms with Crippen LogP contribution in [0.2, 0.25) is 5.02 Å². The molecule has 2 N–H and O–H groups in total. The van der Waals surface area contributed by atoms with E-state index in [0.29, 0.717) is 23.6 Å². The number of amides is 1. The maximum absolute atomic E-state index is 12.3. The number of furan rings is 1. The maximum Gasteiger partial charge on any atom is 0.287 e. The number of rotatable bonds is 6. The molecule has 0 bridgehead atoms. The number of ether oxygens (including phenoxy) is 1. The number of methoxy groups -OCH3 is 1. The van der Waals surface area contributed by atoms with Crippen LogP contribution in [0.15, 0.2) is 28.7 Å². The molecule has 1 unspecified atom stereocenters. The second kappa shape index (κ2) is 6.47. The quantitative estimate of drug-likeness (QED) is 0.860. The lowest BCUT2D eigenvalue weighted by Gasteiger charge is -2.28. The molecule has 0 radical (unpaired) electrons. The Bertz CT molecular complexity index is 632. The lowest BCUT2D eigenvalue weighted by molar-refractivity contribution is 0.0705. The van der Waals surface area contributed by atoms with Gasteiger partial charge in [0.05, 0.1) is 12.1 Å². The first-order chi connectivity index (χ1) is 9.97. The first-order valence-electron chi connectivity index (χ1n) is 6.59. The summed E-state index contributed by atoms with van der Waals surface area (Å²) in [4.78, 5) is 12.3. The fraction of sp³-hybridized carbons (Fsp3) is 0.400. The van der Waals surface area contributed by atoms with Crippen LogP contribution in [0, 0.1) is 0 Å². The van der Waals surface area contributed by atoms with Gasteiger partial charge in [-0.2, -0.15) is 0 Å². The van der Waals surface area contributed by atoms with Crippen LogP contribution in [0.3, 0.4) is 0 Å². The standard InChI is InChI=1S/C15H18ClNO4/c1-15(5-6-18,9-20-2)17-14(19)13-8-10-7-11(16)3-4-12(10)21-13/h3-4,7-8,18H,5-6,9H2,1-2H3,(H,17,19). The Balaban J connectivity index is 2.21. The minimum absolute atomic E-state index is 0.0458. The van der Waals surface area contributed by atoms with Gasteiger partial charge in [0.25, 0.3) is 5.91 Å². The van der Waals surface area contributed by atoms with Crippen LogP contribution in [0.4, 0.5) is 0 Å².